The topological polar surface area (TPSA) is 47.0 Å². The number of thiazole rings is 1. The molecule has 84 valence electrons. The first-order chi connectivity index (χ1) is 7.47. The standard InChI is InChI=1S/C10H8FNO2S2/c1-7-6-15-10(12-7)8-3-2-4-9(5-8)16(11,13)14/h2-6H,1H3. The highest BCUT2D eigenvalue weighted by Crippen LogP contribution is 2.26. The SMILES string of the molecule is Cc1csc(-c2cccc(S(=O)(=O)F)c2)n1. The fraction of sp³-hybridized carbons (Fsp3) is 0.100. The van der Waals surface area contributed by atoms with E-state index in [9.17, 15) is 12.3 Å². The largest absolute Gasteiger partial charge is 0.332 e. The average molecular weight is 257 g/mol. The number of hydrogen-bond acceptors (Lipinski definition) is 4. The van der Waals surface area contributed by atoms with Crippen LogP contribution in [0, 0.1) is 6.92 Å². The summed E-state index contributed by atoms with van der Waals surface area (Å²) in [5.74, 6) is 0. The van der Waals surface area contributed by atoms with E-state index in [0.29, 0.717) is 10.6 Å². The van der Waals surface area contributed by atoms with Gasteiger partial charge in [0.05, 0.1) is 4.90 Å². The predicted octanol–water partition coefficient (Wildman–Crippen LogP) is 2.78. The number of benzene rings is 1. The molecule has 0 aliphatic heterocycles. The molecule has 1 heterocycles. The van der Waals surface area contributed by atoms with Gasteiger partial charge < -0.3 is 0 Å². The summed E-state index contributed by atoms with van der Waals surface area (Å²) in [6.07, 6.45) is 0. The van der Waals surface area contributed by atoms with Crippen LogP contribution in [-0.4, -0.2) is 13.4 Å². The van der Waals surface area contributed by atoms with Gasteiger partial charge in [-0.2, -0.15) is 8.42 Å². The van der Waals surface area contributed by atoms with Crippen LogP contribution in [0.3, 0.4) is 0 Å². The van der Waals surface area contributed by atoms with Gasteiger partial charge in [-0.25, -0.2) is 4.98 Å². The van der Waals surface area contributed by atoms with E-state index >= 15 is 0 Å². The van der Waals surface area contributed by atoms with Crippen molar-refractivity contribution in [3.05, 3.63) is 35.3 Å². The molecule has 0 aliphatic carbocycles. The number of halogens is 1. The second kappa shape index (κ2) is 3.95. The van der Waals surface area contributed by atoms with Crippen molar-refractivity contribution in [2.45, 2.75) is 11.8 Å². The van der Waals surface area contributed by atoms with Crippen molar-refractivity contribution in [3.8, 4) is 10.6 Å². The molecule has 3 nitrogen and oxygen atoms in total. The zero-order chi connectivity index (χ0) is 11.8. The lowest BCUT2D eigenvalue weighted by atomic mass is 10.2. The van der Waals surface area contributed by atoms with E-state index in [1.54, 1.807) is 6.07 Å². The minimum Gasteiger partial charge on any atom is -0.241 e. The molecule has 0 spiro atoms. The summed E-state index contributed by atoms with van der Waals surface area (Å²) in [4.78, 5) is 3.87. The Hall–Kier alpha value is -1.27. The molecule has 0 unspecified atom stereocenters. The number of aryl methyl sites for hydroxylation is 1. The van der Waals surface area contributed by atoms with Gasteiger partial charge in [-0.1, -0.05) is 12.1 Å². The zero-order valence-electron chi connectivity index (χ0n) is 8.34. The fourth-order valence-electron chi connectivity index (χ4n) is 1.27. The van der Waals surface area contributed by atoms with Gasteiger partial charge in [0.1, 0.15) is 5.01 Å². The summed E-state index contributed by atoms with van der Waals surface area (Å²) in [6, 6.07) is 5.71. The average Bonchev–Trinajstić information content (AvgIpc) is 2.64. The van der Waals surface area contributed by atoms with Gasteiger partial charge in [0, 0.05) is 16.6 Å². The second-order valence-corrected chi connectivity index (χ2v) is 5.46. The van der Waals surface area contributed by atoms with E-state index < -0.39 is 10.2 Å². The van der Waals surface area contributed by atoms with Crippen LogP contribution in [-0.2, 0) is 10.2 Å². The number of nitrogens with zero attached hydrogens (tertiary/aromatic N) is 1. The van der Waals surface area contributed by atoms with Gasteiger partial charge in [-0.05, 0) is 19.1 Å². The number of rotatable bonds is 2. The quantitative estimate of drug-likeness (QED) is 0.777. The first-order valence-corrected chi connectivity index (χ1v) is 6.70. The molecule has 2 rings (SSSR count). The summed E-state index contributed by atoms with van der Waals surface area (Å²) in [5.41, 5.74) is 1.46. The Morgan fingerprint density at radius 2 is 2.12 bits per heavy atom. The molecule has 0 saturated heterocycles. The fourth-order valence-corrected chi connectivity index (χ4v) is 2.57. The molecule has 0 N–H and O–H groups in total. The van der Waals surface area contributed by atoms with Crippen molar-refractivity contribution in [3.63, 3.8) is 0 Å². The Morgan fingerprint density at radius 1 is 1.38 bits per heavy atom. The molecule has 16 heavy (non-hydrogen) atoms. The molecule has 0 aliphatic rings. The van der Waals surface area contributed by atoms with Gasteiger partial charge in [0.2, 0.25) is 0 Å². The Morgan fingerprint density at radius 3 is 2.69 bits per heavy atom. The van der Waals surface area contributed by atoms with Gasteiger partial charge in [-0.3, -0.25) is 0 Å². The lowest BCUT2D eigenvalue weighted by Crippen LogP contribution is -1.91. The van der Waals surface area contributed by atoms with Crippen molar-refractivity contribution in [1.82, 2.24) is 4.98 Å². The summed E-state index contributed by atoms with van der Waals surface area (Å²) < 4.78 is 34.3. The Bertz CT molecular complexity index is 619. The van der Waals surface area contributed by atoms with E-state index in [0.717, 1.165) is 5.69 Å². The highest BCUT2D eigenvalue weighted by atomic mass is 32.3. The van der Waals surface area contributed by atoms with Crippen molar-refractivity contribution >= 4 is 21.6 Å². The summed E-state index contributed by atoms with van der Waals surface area (Å²) in [5, 5.41) is 2.54. The maximum Gasteiger partial charge on any atom is 0.332 e. The maximum absolute atomic E-state index is 12.8. The van der Waals surface area contributed by atoms with Crippen LogP contribution in [0.1, 0.15) is 5.69 Å². The number of aromatic nitrogens is 1. The molecular formula is C10H8FNO2S2. The van der Waals surface area contributed by atoms with Gasteiger partial charge in [0.15, 0.2) is 0 Å². The third kappa shape index (κ3) is 2.28. The van der Waals surface area contributed by atoms with Gasteiger partial charge >= 0.3 is 10.2 Å². The highest BCUT2D eigenvalue weighted by molar-refractivity contribution is 7.86. The van der Waals surface area contributed by atoms with E-state index in [-0.39, 0.29) is 4.90 Å². The van der Waals surface area contributed by atoms with E-state index in [2.05, 4.69) is 4.98 Å². The summed E-state index contributed by atoms with van der Waals surface area (Å²) in [7, 11) is -4.65. The Balaban J connectivity index is 2.52. The lowest BCUT2D eigenvalue weighted by molar-refractivity contribution is 0.552. The molecule has 1 aromatic heterocycles. The third-order valence-corrected chi connectivity index (χ3v) is 3.81. The highest BCUT2D eigenvalue weighted by Gasteiger charge is 2.13. The molecule has 0 fully saturated rings. The lowest BCUT2D eigenvalue weighted by Gasteiger charge is -1.98. The van der Waals surface area contributed by atoms with Crippen LogP contribution < -0.4 is 0 Å². The van der Waals surface area contributed by atoms with Crippen LogP contribution in [0.2, 0.25) is 0 Å². The molecule has 0 bridgehead atoms. The molecule has 2 aromatic rings. The first-order valence-electron chi connectivity index (χ1n) is 4.44. The Kier molecular flexibility index (Phi) is 2.77. The molecule has 0 saturated carbocycles. The van der Waals surface area contributed by atoms with E-state index in [1.807, 2.05) is 12.3 Å². The molecule has 0 amide bonds. The van der Waals surface area contributed by atoms with Crippen molar-refractivity contribution in [2.75, 3.05) is 0 Å². The molecule has 0 radical (unpaired) electrons. The second-order valence-electron chi connectivity index (χ2n) is 3.26. The van der Waals surface area contributed by atoms with Crippen LogP contribution in [0.5, 0.6) is 0 Å². The smallest absolute Gasteiger partial charge is 0.241 e. The van der Waals surface area contributed by atoms with Gasteiger partial charge in [-0.15, -0.1) is 15.2 Å². The first kappa shape index (κ1) is 11.2. The Labute approximate surface area is 96.8 Å². The van der Waals surface area contributed by atoms with E-state index in [1.165, 1.54) is 29.5 Å². The van der Waals surface area contributed by atoms with Crippen LogP contribution >= 0.6 is 11.3 Å². The molecule has 1 aromatic carbocycles. The normalized spacial score (nSPS) is 11.6. The van der Waals surface area contributed by atoms with Gasteiger partial charge in [0.25, 0.3) is 0 Å². The van der Waals surface area contributed by atoms with E-state index in [4.69, 9.17) is 0 Å². The third-order valence-electron chi connectivity index (χ3n) is 1.98. The van der Waals surface area contributed by atoms with Crippen LogP contribution in [0.15, 0.2) is 34.5 Å². The monoisotopic (exact) mass is 257 g/mol. The minimum atomic E-state index is -4.65. The zero-order valence-corrected chi connectivity index (χ0v) is 9.98. The predicted molar refractivity (Wildman–Crippen MR) is 60.6 cm³/mol. The molecule has 6 heteroatoms. The van der Waals surface area contributed by atoms with Crippen LogP contribution in [0.25, 0.3) is 10.6 Å². The molecule has 0 atom stereocenters. The summed E-state index contributed by atoms with van der Waals surface area (Å²) >= 11 is 1.39. The summed E-state index contributed by atoms with van der Waals surface area (Å²) in [6.45, 7) is 1.84. The number of hydrogen-bond donors (Lipinski definition) is 0. The van der Waals surface area contributed by atoms with Crippen LogP contribution in [0.4, 0.5) is 3.89 Å². The van der Waals surface area contributed by atoms with Crippen molar-refractivity contribution in [1.29, 1.82) is 0 Å². The van der Waals surface area contributed by atoms with Crippen molar-refractivity contribution < 1.29 is 12.3 Å². The molecular weight excluding hydrogens is 249 g/mol. The van der Waals surface area contributed by atoms with Crippen molar-refractivity contribution in [2.24, 2.45) is 0 Å². The minimum absolute atomic E-state index is 0.335. The maximum atomic E-state index is 12.8.